The van der Waals surface area contributed by atoms with Gasteiger partial charge in [-0.2, -0.15) is 0 Å². The maximum atomic E-state index is 5.46. The highest BCUT2D eigenvalue weighted by atomic mass is 16.5. The fraction of sp³-hybridized carbons (Fsp3) is 0.500. The standard InChI is InChI=1S/C16H22O/c1-5-15(13(2)3)10-8-14(4)9-11-16-7-6-12-17-16/h5,8,10,13,16H,1,6-7,12H2,2-4H3/b14-8+,15-10?. The van der Waals surface area contributed by atoms with Gasteiger partial charge in [0.1, 0.15) is 6.10 Å². The molecule has 0 saturated carbocycles. The van der Waals surface area contributed by atoms with Crippen LogP contribution in [-0.4, -0.2) is 12.7 Å². The highest BCUT2D eigenvalue weighted by Crippen LogP contribution is 2.12. The van der Waals surface area contributed by atoms with Gasteiger partial charge < -0.3 is 4.74 Å². The number of hydrogen-bond acceptors (Lipinski definition) is 1. The van der Waals surface area contributed by atoms with E-state index in [2.05, 4.69) is 44.4 Å². The molecule has 0 radical (unpaired) electrons. The van der Waals surface area contributed by atoms with Crippen LogP contribution in [0.1, 0.15) is 33.6 Å². The first-order valence-corrected chi connectivity index (χ1v) is 6.27. The van der Waals surface area contributed by atoms with Crippen molar-refractivity contribution >= 4 is 0 Å². The maximum absolute atomic E-state index is 5.46. The van der Waals surface area contributed by atoms with E-state index in [1.54, 1.807) is 0 Å². The molecule has 1 saturated heterocycles. The van der Waals surface area contributed by atoms with Gasteiger partial charge in [0.25, 0.3) is 0 Å². The van der Waals surface area contributed by atoms with E-state index in [1.807, 2.05) is 13.0 Å². The second kappa shape index (κ2) is 7.14. The lowest BCUT2D eigenvalue weighted by atomic mass is 10.0. The maximum Gasteiger partial charge on any atom is 0.118 e. The van der Waals surface area contributed by atoms with Gasteiger partial charge in [0.05, 0.1) is 0 Å². The Hall–Kier alpha value is -1.26. The van der Waals surface area contributed by atoms with E-state index in [4.69, 9.17) is 4.74 Å². The number of hydrogen-bond donors (Lipinski definition) is 0. The smallest absolute Gasteiger partial charge is 0.118 e. The Kier molecular flexibility index (Phi) is 5.80. The average Bonchev–Trinajstić information content (AvgIpc) is 2.79. The van der Waals surface area contributed by atoms with E-state index < -0.39 is 0 Å². The van der Waals surface area contributed by atoms with Crippen LogP contribution in [0.5, 0.6) is 0 Å². The molecule has 0 aromatic heterocycles. The van der Waals surface area contributed by atoms with E-state index in [9.17, 15) is 0 Å². The van der Waals surface area contributed by atoms with Crippen molar-refractivity contribution in [2.45, 2.75) is 39.7 Å². The fourth-order valence-corrected chi connectivity index (χ4v) is 1.64. The predicted octanol–water partition coefficient (Wildman–Crippen LogP) is 3.88. The van der Waals surface area contributed by atoms with Gasteiger partial charge in [0.15, 0.2) is 0 Å². The summed E-state index contributed by atoms with van der Waals surface area (Å²) in [6, 6.07) is 0. The summed E-state index contributed by atoms with van der Waals surface area (Å²) in [6.07, 6.45) is 8.40. The summed E-state index contributed by atoms with van der Waals surface area (Å²) in [7, 11) is 0. The summed E-state index contributed by atoms with van der Waals surface area (Å²) in [4.78, 5) is 0. The minimum Gasteiger partial charge on any atom is -0.366 e. The minimum atomic E-state index is 0.145. The van der Waals surface area contributed by atoms with Crippen molar-refractivity contribution in [2.75, 3.05) is 6.61 Å². The van der Waals surface area contributed by atoms with Crippen LogP contribution in [0.25, 0.3) is 0 Å². The highest BCUT2D eigenvalue weighted by Gasteiger charge is 2.11. The molecule has 0 aromatic rings. The largest absolute Gasteiger partial charge is 0.366 e. The van der Waals surface area contributed by atoms with Crippen molar-refractivity contribution in [3.63, 3.8) is 0 Å². The molecule has 1 aliphatic heterocycles. The zero-order valence-corrected chi connectivity index (χ0v) is 11.1. The normalized spacial score (nSPS) is 21.3. The third-order valence-electron chi connectivity index (χ3n) is 2.79. The molecular weight excluding hydrogens is 208 g/mol. The number of ether oxygens (including phenoxy) is 1. The molecule has 1 unspecified atom stereocenters. The number of allylic oxidation sites excluding steroid dienone is 5. The van der Waals surface area contributed by atoms with Gasteiger partial charge in [0, 0.05) is 6.61 Å². The molecular formula is C16H22O. The van der Waals surface area contributed by atoms with Crippen LogP contribution in [0.4, 0.5) is 0 Å². The third-order valence-corrected chi connectivity index (χ3v) is 2.79. The first-order chi connectivity index (χ1) is 8.13. The average molecular weight is 230 g/mol. The first-order valence-electron chi connectivity index (χ1n) is 6.27. The Labute approximate surface area is 105 Å². The topological polar surface area (TPSA) is 9.23 Å². The van der Waals surface area contributed by atoms with Gasteiger partial charge >= 0.3 is 0 Å². The zero-order valence-electron chi connectivity index (χ0n) is 11.1. The molecule has 0 bridgehead atoms. The lowest BCUT2D eigenvalue weighted by Gasteiger charge is -2.03. The van der Waals surface area contributed by atoms with E-state index in [-0.39, 0.29) is 6.10 Å². The Bertz CT molecular complexity index is 368. The van der Waals surface area contributed by atoms with Crippen molar-refractivity contribution in [1.82, 2.24) is 0 Å². The highest BCUT2D eigenvalue weighted by molar-refractivity contribution is 5.34. The molecule has 1 nitrogen and oxygen atoms in total. The Morgan fingerprint density at radius 1 is 1.41 bits per heavy atom. The monoisotopic (exact) mass is 230 g/mol. The molecule has 1 heterocycles. The molecule has 1 atom stereocenters. The number of rotatable bonds is 3. The summed E-state index contributed by atoms with van der Waals surface area (Å²) >= 11 is 0. The molecule has 0 spiro atoms. The Morgan fingerprint density at radius 3 is 2.71 bits per heavy atom. The third kappa shape index (κ3) is 5.06. The predicted molar refractivity (Wildman–Crippen MR) is 73.6 cm³/mol. The van der Waals surface area contributed by atoms with Gasteiger partial charge in [-0.1, -0.05) is 50.5 Å². The summed E-state index contributed by atoms with van der Waals surface area (Å²) in [6.45, 7) is 11.0. The van der Waals surface area contributed by atoms with Crippen molar-refractivity contribution in [1.29, 1.82) is 0 Å². The fourth-order valence-electron chi connectivity index (χ4n) is 1.64. The quantitative estimate of drug-likeness (QED) is 0.528. The van der Waals surface area contributed by atoms with Crippen LogP contribution >= 0.6 is 0 Å². The van der Waals surface area contributed by atoms with Crippen molar-refractivity contribution < 1.29 is 4.74 Å². The molecule has 0 aliphatic carbocycles. The van der Waals surface area contributed by atoms with Crippen LogP contribution in [0.2, 0.25) is 0 Å². The summed E-state index contributed by atoms with van der Waals surface area (Å²) < 4.78 is 5.46. The Morgan fingerprint density at radius 2 is 2.18 bits per heavy atom. The van der Waals surface area contributed by atoms with E-state index >= 15 is 0 Å². The van der Waals surface area contributed by atoms with Gasteiger partial charge in [-0.3, -0.25) is 0 Å². The lowest BCUT2D eigenvalue weighted by Crippen LogP contribution is -1.99. The van der Waals surface area contributed by atoms with Gasteiger partial charge in [-0.15, -0.1) is 0 Å². The summed E-state index contributed by atoms with van der Waals surface area (Å²) in [5.41, 5.74) is 2.31. The molecule has 17 heavy (non-hydrogen) atoms. The molecule has 1 fully saturated rings. The van der Waals surface area contributed by atoms with Gasteiger partial charge in [-0.25, -0.2) is 0 Å². The Balaban J connectivity index is 2.62. The SMILES string of the molecule is C=CC(=C/C=C(\C)C#CC1CCCO1)C(C)C. The van der Waals surface area contributed by atoms with E-state index in [1.165, 1.54) is 5.57 Å². The van der Waals surface area contributed by atoms with Crippen LogP contribution in [0.3, 0.4) is 0 Å². The first kappa shape index (κ1) is 13.8. The van der Waals surface area contributed by atoms with Crippen LogP contribution in [0.15, 0.2) is 36.0 Å². The van der Waals surface area contributed by atoms with Gasteiger partial charge in [0.2, 0.25) is 0 Å². The van der Waals surface area contributed by atoms with Crippen molar-refractivity contribution in [2.24, 2.45) is 5.92 Å². The van der Waals surface area contributed by atoms with Crippen molar-refractivity contribution in [3.05, 3.63) is 36.0 Å². The van der Waals surface area contributed by atoms with Gasteiger partial charge in [-0.05, 0) is 36.8 Å². The van der Waals surface area contributed by atoms with Crippen LogP contribution in [-0.2, 0) is 4.74 Å². The van der Waals surface area contributed by atoms with E-state index in [0.29, 0.717) is 5.92 Å². The van der Waals surface area contributed by atoms with E-state index in [0.717, 1.165) is 25.0 Å². The molecule has 0 amide bonds. The second-order valence-corrected chi connectivity index (χ2v) is 4.65. The minimum absolute atomic E-state index is 0.145. The second-order valence-electron chi connectivity index (χ2n) is 4.65. The summed E-state index contributed by atoms with van der Waals surface area (Å²) in [5.74, 6) is 6.81. The van der Waals surface area contributed by atoms with Crippen LogP contribution < -0.4 is 0 Å². The zero-order chi connectivity index (χ0) is 12.7. The molecule has 0 aromatic carbocycles. The summed E-state index contributed by atoms with van der Waals surface area (Å²) in [5, 5.41) is 0. The molecule has 0 N–H and O–H groups in total. The molecule has 1 heteroatoms. The molecule has 92 valence electrons. The molecule has 1 rings (SSSR count). The van der Waals surface area contributed by atoms with Crippen molar-refractivity contribution in [3.8, 4) is 11.8 Å². The lowest BCUT2D eigenvalue weighted by molar-refractivity contribution is 0.152. The van der Waals surface area contributed by atoms with Crippen LogP contribution in [0, 0.1) is 17.8 Å². The molecule has 1 aliphatic rings.